The maximum Gasteiger partial charge on any atom is 0.407 e. The van der Waals surface area contributed by atoms with Crippen molar-refractivity contribution >= 4 is 6.29 Å². The third kappa shape index (κ3) is 0.745. The highest BCUT2D eigenvalue weighted by Gasteiger charge is 2.06. The van der Waals surface area contributed by atoms with Gasteiger partial charge in [0, 0.05) is 0 Å². The normalized spacial score (nSPS) is 8.62. The van der Waals surface area contributed by atoms with E-state index in [-0.39, 0.29) is 5.76 Å². The predicted molar refractivity (Wildman–Crippen MR) is 28.2 cm³/mol. The molecule has 0 aliphatic heterocycles. The van der Waals surface area contributed by atoms with Gasteiger partial charge >= 0.3 is 12.0 Å². The molecule has 2 heteroatoms. The van der Waals surface area contributed by atoms with Crippen LogP contribution in [0.5, 0.6) is 0 Å². The average Bonchev–Trinajstić information content (AvgIpc) is 2.14. The first-order valence-electron chi connectivity index (χ1n) is 2.27. The molecule has 0 aromatic carbocycles. The van der Waals surface area contributed by atoms with E-state index in [4.69, 9.17) is 4.42 Å². The van der Waals surface area contributed by atoms with Gasteiger partial charge in [-0.3, -0.25) is 0 Å². The number of rotatable bonds is 1. The molecule has 2 nitrogen and oxygen atoms in total. The van der Waals surface area contributed by atoms with E-state index in [0.29, 0.717) is 0 Å². The second-order valence-electron chi connectivity index (χ2n) is 1.51. The van der Waals surface area contributed by atoms with Gasteiger partial charge in [0.15, 0.2) is 0 Å². The maximum atomic E-state index is 9.80. The molecule has 0 saturated carbocycles. The summed E-state index contributed by atoms with van der Waals surface area (Å²) in [7, 11) is 0. The van der Waals surface area contributed by atoms with Gasteiger partial charge in [-0.2, -0.15) is 0 Å². The first-order chi connectivity index (χ1) is 3.83. The van der Waals surface area contributed by atoms with Gasteiger partial charge in [-0.25, -0.2) is 0 Å². The van der Waals surface area contributed by atoms with Gasteiger partial charge in [-0.05, 0) is 6.92 Å². The van der Waals surface area contributed by atoms with Crippen LogP contribution in [0.3, 0.4) is 0 Å². The molecule has 0 amide bonds. The van der Waals surface area contributed by atoms with E-state index in [2.05, 4.69) is 0 Å². The van der Waals surface area contributed by atoms with Gasteiger partial charge in [-0.1, -0.05) is 4.79 Å². The highest BCUT2D eigenvalue weighted by atomic mass is 16.3. The van der Waals surface area contributed by atoms with E-state index in [1.165, 1.54) is 0 Å². The lowest BCUT2D eigenvalue weighted by Crippen LogP contribution is -1.67. The summed E-state index contributed by atoms with van der Waals surface area (Å²) in [6.07, 6.45) is 1.63. The molecular weight excluding hydrogens is 104 g/mol. The van der Waals surface area contributed by atoms with E-state index in [0.717, 1.165) is 5.76 Å². The third-order valence-corrected chi connectivity index (χ3v) is 0.841. The van der Waals surface area contributed by atoms with Crippen molar-refractivity contribution in [3.8, 4) is 0 Å². The summed E-state index contributed by atoms with van der Waals surface area (Å²) in [4.78, 5) is 9.80. The van der Waals surface area contributed by atoms with Crippen LogP contribution in [0.15, 0.2) is 16.5 Å². The number of hydrogen-bond acceptors (Lipinski definition) is 2. The monoisotopic (exact) mass is 109 g/mol. The lowest BCUT2D eigenvalue weighted by molar-refractivity contribution is 0.500. The summed E-state index contributed by atoms with van der Waals surface area (Å²) >= 11 is 0. The second-order valence-corrected chi connectivity index (χ2v) is 1.51. The number of carbonyl (C=O) groups excluding carboxylic acids is 1. The molecule has 0 saturated heterocycles. The molecule has 1 aromatic rings. The Labute approximate surface area is 47.1 Å². The fourth-order valence-corrected chi connectivity index (χ4v) is 0.489. The lowest BCUT2D eigenvalue weighted by Gasteiger charge is -1.67. The summed E-state index contributed by atoms with van der Waals surface area (Å²) in [6, 6.07) is 3.31. The van der Waals surface area contributed by atoms with E-state index >= 15 is 0 Å². The van der Waals surface area contributed by atoms with E-state index in [1.54, 1.807) is 25.3 Å². The molecule has 0 aliphatic carbocycles. The quantitative estimate of drug-likeness (QED) is 0.504. The van der Waals surface area contributed by atoms with Crippen LogP contribution in [0.1, 0.15) is 11.5 Å². The fraction of sp³-hybridized carbons (Fsp3) is 0.167. The van der Waals surface area contributed by atoms with Gasteiger partial charge < -0.3 is 4.42 Å². The van der Waals surface area contributed by atoms with Crippen LogP contribution in [-0.4, -0.2) is 6.29 Å². The Bertz CT molecular complexity index is 188. The van der Waals surface area contributed by atoms with Crippen molar-refractivity contribution in [2.75, 3.05) is 0 Å². The molecule has 0 unspecified atom stereocenters. The molecule has 0 radical (unpaired) electrons. The molecule has 0 fully saturated rings. The first kappa shape index (κ1) is 5.01. The predicted octanol–water partition coefficient (Wildman–Crippen LogP) is 1.05. The number of furan rings is 1. The average molecular weight is 109 g/mol. The maximum absolute atomic E-state index is 9.80. The molecule has 1 aromatic heterocycles. The van der Waals surface area contributed by atoms with E-state index in [1.807, 2.05) is 0 Å². The Hall–Kier alpha value is -1.14. The Morgan fingerprint density at radius 2 is 2.38 bits per heavy atom. The van der Waals surface area contributed by atoms with Crippen LogP contribution in [0.2, 0.25) is 0 Å². The molecule has 40 valence electrons. The van der Waals surface area contributed by atoms with Crippen LogP contribution >= 0.6 is 0 Å². The number of aryl methyl sites for hydroxylation is 1. The molecule has 0 bridgehead atoms. The number of hydrogen-bond donors (Lipinski definition) is 0. The van der Waals surface area contributed by atoms with Crippen molar-refractivity contribution < 1.29 is 9.21 Å². The Balaban J connectivity index is 3.00. The first-order valence-corrected chi connectivity index (χ1v) is 2.27. The Morgan fingerprint density at radius 1 is 1.62 bits per heavy atom. The van der Waals surface area contributed by atoms with Crippen LogP contribution in [0, 0.1) is 6.92 Å². The van der Waals surface area contributed by atoms with Crippen LogP contribution in [-0.2, 0) is 4.79 Å². The molecule has 0 N–H and O–H groups in total. The molecule has 1 rings (SSSR count). The van der Waals surface area contributed by atoms with Crippen LogP contribution in [0.4, 0.5) is 0 Å². The van der Waals surface area contributed by atoms with Gasteiger partial charge in [0.25, 0.3) is 0 Å². The summed E-state index contributed by atoms with van der Waals surface area (Å²) in [5, 5.41) is 0. The fourth-order valence-electron chi connectivity index (χ4n) is 0.489. The highest BCUT2D eigenvalue weighted by Crippen LogP contribution is 2.01. The Kier molecular flexibility index (Phi) is 1.10. The van der Waals surface area contributed by atoms with Crippen molar-refractivity contribution in [1.29, 1.82) is 0 Å². The van der Waals surface area contributed by atoms with E-state index < -0.39 is 0 Å². The highest BCUT2D eigenvalue weighted by molar-refractivity contribution is 5.70. The summed E-state index contributed by atoms with van der Waals surface area (Å²) in [5.41, 5.74) is 0. The van der Waals surface area contributed by atoms with Crippen LogP contribution in [0.25, 0.3) is 0 Å². The zero-order valence-electron chi connectivity index (χ0n) is 4.47. The smallest absolute Gasteiger partial charge is 0.407 e. The third-order valence-electron chi connectivity index (χ3n) is 0.841. The minimum atomic E-state index is 0.266. The molecule has 0 spiro atoms. The minimum Gasteiger partial charge on any atom is -0.416 e. The van der Waals surface area contributed by atoms with E-state index in [9.17, 15) is 4.79 Å². The van der Waals surface area contributed by atoms with Gasteiger partial charge in [0.1, 0.15) is 11.8 Å². The van der Waals surface area contributed by atoms with Crippen molar-refractivity contribution in [2.24, 2.45) is 0 Å². The van der Waals surface area contributed by atoms with Crippen molar-refractivity contribution in [1.82, 2.24) is 0 Å². The van der Waals surface area contributed by atoms with Crippen molar-refractivity contribution in [3.63, 3.8) is 0 Å². The van der Waals surface area contributed by atoms with Crippen LogP contribution < -0.4 is 0 Å². The molecular formula is C6H5O2+. The molecule has 8 heavy (non-hydrogen) atoms. The van der Waals surface area contributed by atoms with Gasteiger partial charge in [-0.15, -0.1) is 0 Å². The van der Waals surface area contributed by atoms with Crippen molar-refractivity contribution in [3.05, 3.63) is 23.7 Å². The summed E-state index contributed by atoms with van der Waals surface area (Å²) in [5.74, 6) is 1.01. The standard InChI is InChI=1S/C6H5O2/c1-5-2-3-6(4-7)8-5/h2-3H,1H3/q+1. The Morgan fingerprint density at radius 3 is 2.62 bits per heavy atom. The van der Waals surface area contributed by atoms with Gasteiger partial charge in [0.05, 0.1) is 6.07 Å². The van der Waals surface area contributed by atoms with Crippen molar-refractivity contribution in [2.45, 2.75) is 6.92 Å². The summed E-state index contributed by atoms with van der Waals surface area (Å²) < 4.78 is 4.81. The zero-order valence-corrected chi connectivity index (χ0v) is 4.47. The van der Waals surface area contributed by atoms with Gasteiger partial charge in [0.2, 0.25) is 0 Å². The summed E-state index contributed by atoms with van der Waals surface area (Å²) in [6.45, 7) is 1.78. The minimum absolute atomic E-state index is 0.266. The topological polar surface area (TPSA) is 30.2 Å². The SMILES string of the molecule is Cc1ccc([C+]=O)o1. The largest absolute Gasteiger partial charge is 0.416 e. The molecule has 0 atom stereocenters. The molecule has 1 heterocycles. The molecule has 0 aliphatic rings. The zero-order chi connectivity index (χ0) is 5.98. The lowest BCUT2D eigenvalue weighted by atomic mass is 10.5. The second kappa shape index (κ2) is 1.76.